The molecule has 2 aromatic rings. The number of rotatable bonds is 2. The van der Waals surface area contributed by atoms with Crippen molar-refractivity contribution in [2.24, 2.45) is 0 Å². The summed E-state index contributed by atoms with van der Waals surface area (Å²) in [5.74, 6) is -0.342. The third kappa shape index (κ3) is 2.57. The van der Waals surface area contributed by atoms with Crippen LogP contribution >= 0.6 is 11.6 Å². The molecule has 0 saturated heterocycles. The van der Waals surface area contributed by atoms with E-state index in [0.29, 0.717) is 23.4 Å². The highest BCUT2D eigenvalue weighted by Crippen LogP contribution is 2.29. The number of nitrogens with zero attached hydrogens (tertiary/aromatic N) is 2. The van der Waals surface area contributed by atoms with Crippen LogP contribution in [0.25, 0.3) is 10.9 Å². The molecule has 5 heteroatoms. The lowest BCUT2D eigenvalue weighted by Crippen LogP contribution is -2.45. The number of hydrogen-bond acceptors (Lipinski definition) is 3. The lowest BCUT2D eigenvalue weighted by Gasteiger charge is -2.21. The van der Waals surface area contributed by atoms with E-state index < -0.39 is 5.54 Å². The zero-order chi connectivity index (χ0) is 14.9. The minimum atomic E-state index is -0.753. The van der Waals surface area contributed by atoms with Gasteiger partial charge >= 0.3 is 0 Å². The number of halogens is 1. The van der Waals surface area contributed by atoms with Gasteiger partial charge in [0.2, 0.25) is 0 Å². The van der Waals surface area contributed by atoms with Crippen molar-refractivity contribution in [1.82, 2.24) is 10.3 Å². The molecule has 106 valence electrons. The number of aromatic nitrogens is 1. The van der Waals surface area contributed by atoms with Gasteiger partial charge in [-0.2, -0.15) is 5.26 Å². The van der Waals surface area contributed by atoms with Gasteiger partial charge in [0.25, 0.3) is 5.91 Å². The van der Waals surface area contributed by atoms with Gasteiger partial charge in [0.05, 0.1) is 16.6 Å². The molecule has 3 rings (SSSR count). The van der Waals surface area contributed by atoms with Crippen molar-refractivity contribution in [3.63, 3.8) is 0 Å². The number of amides is 1. The Labute approximate surface area is 127 Å². The molecule has 1 N–H and O–H groups in total. The molecule has 0 spiro atoms. The predicted molar refractivity (Wildman–Crippen MR) is 81.0 cm³/mol. The number of nitrogens with one attached hydrogen (secondary N) is 1. The van der Waals surface area contributed by atoms with E-state index in [1.54, 1.807) is 6.07 Å². The Morgan fingerprint density at radius 2 is 2.05 bits per heavy atom. The summed E-state index contributed by atoms with van der Waals surface area (Å²) in [6.45, 7) is 0. The van der Waals surface area contributed by atoms with Crippen molar-refractivity contribution >= 4 is 28.4 Å². The van der Waals surface area contributed by atoms with Gasteiger partial charge in [-0.25, -0.2) is 4.98 Å². The van der Waals surface area contributed by atoms with Gasteiger partial charge < -0.3 is 5.32 Å². The van der Waals surface area contributed by atoms with Crippen molar-refractivity contribution in [2.75, 3.05) is 0 Å². The molecule has 1 amide bonds. The molecule has 1 heterocycles. The normalized spacial score (nSPS) is 16.6. The number of carbonyl (C=O) groups excluding carboxylic acids is 1. The Hall–Kier alpha value is -2.12. The molecule has 0 aliphatic heterocycles. The summed E-state index contributed by atoms with van der Waals surface area (Å²) in [6, 6.07) is 11.2. The van der Waals surface area contributed by atoms with Gasteiger partial charge in [-0.3, -0.25) is 4.79 Å². The Bertz CT molecular complexity index is 745. The summed E-state index contributed by atoms with van der Waals surface area (Å²) in [5, 5.41) is 13.5. The molecule has 0 bridgehead atoms. The van der Waals surface area contributed by atoms with Crippen molar-refractivity contribution in [3.8, 4) is 6.07 Å². The van der Waals surface area contributed by atoms with Gasteiger partial charge in [0.1, 0.15) is 11.2 Å². The summed E-state index contributed by atoms with van der Waals surface area (Å²) in [5.41, 5.74) is 0.171. The Morgan fingerprint density at radius 3 is 2.76 bits per heavy atom. The van der Waals surface area contributed by atoms with E-state index in [1.807, 2.05) is 24.3 Å². The highest BCUT2D eigenvalue weighted by molar-refractivity contribution is 6.35. The van der Waals surface area contributed by atoms with E-state index in [1.165, 1.54) is 0 Å². The minimum absolute atomic E-state index is 0.250. The molecule has 0 atom stereocenters. The molecule has 0 unspecified atom stereocenters. The number of benzene rings is 1. The third-order valence-corrected chi connectivity index (χ3v) is 4.23. The van der Waals surface area contributed by atoms with E-state index in [2.05, 4.69) is 16.4 Å². The maximum atomic E-state index is 12.4. The van der Waals surface area contributed by atoms with E-state index >= 15 is 0 Å². The first kappa shape index (κ1) is 13.8. The summed E-state index contributed by atoms with van der Waals surface area (Å²) < 4.78 is 0. The van der Waals surface area contributed by atoms with Gasteiger partial charge in [0, 0.05) is 5.39 Å². The Balaban J connectivity index is 1.93. The van der Waals surface area contributed by atoms with Crippen molar-refractivity contribution < 1.29 is 4.79 Å². The molecule has 1 aromatic heterocycles. The Kier molecular flexibility index (Phi) is 3.52. The number of nitriles is 1. The van der Waals surface area contributed by atoms with E-state index in [0.717, 1.165) is 18.2 Å². The van der Waals surface area contributed by atoms with Crippen LogP contribution in [0.3, 0.4) is 0 Å². The van der Waals surface area contributed by atoms with Crippen LogP contribution in [-0.4, -0.2) is 16.4 Å². The molecule has 1 aromatic carbocycles. The van der Waals surface area contributed by atoms with Gasteiger partial charge in [-0.1, -0.05) is 29.8 Å². The quantitative estimate of drug-likeness (QED) is 0.923. The average molecular weight is 300 g/mol. The van der Waals surface area contributed by atoms with Crippen molar-refractivity contribution in [3.05, 3.63) is 41.0 Å². The second-order valence-electron chi connectivity index (χ2n) is 5.36. The van der Waals surface area contributed by atoms with Gasteiger partial charge in [-0.15, -0.1) is 0 Å². The van der Waals surface area contributed by atoms with Crippen LogP contribution in [0.15, 0.2) is 30.3 Å². The molecule has 0 radical (unpaired) electrons. The predicted octanol–water partition coefficient (Wildman–Crippen LogP) is 3.45. The lowest BCUT2D eigenvalue weighted by molar-refractivity contribution is 0.0916. The molecule has 1 aliphatic carbocycles. The summed E-state index contributed by atoms with van der Waals surface area (Å²) in [4.78, 5) is 16.7. The SMILES string of the molecule is N#CC1(NC(=O)c2cc(Cl)c3ccccc3n2)CCCC1. The number of para-hydroxylation sites is 1. The maximum Gasteiger partial charge on any atom is 0.271 e. The second kappa shape index (κ2) is 5.34. The van der Waals surface area contributed by atoms with Crippen LogP contribution in [-0.2, 0) is 0 Å². The minimum Gasteiger partial charge on any atom is -0.332 e. The van der Waals surface area contributed by atoms with Gasteiger partial charge in [0.15, 0.2) is 0 Å². The van der Waals surface area contributed by atoms with Crippen LogP contribution in [0, 0.1) is 11.3 Å². The number of carbonyl (C=O) groups is 1. The number of fused-ring (bicyclic) bond motifs is 1. The first-order valence-electron chi connectivity index (χ1n) is 6.93. The molecular formula is C16H14ClN3O. The van der Waals surface area contributed by atoms with Crippen LogP contribution in [0.1, 0.15) is 36.2 Å². The highest BCUT2D eigenvalue weighted by atomic mass is 35.5. The van der Waals surface area contributed by atoms with Gasteiger partial charge in [-0.05, 0) is 37.8 Å². The molecule has 1 saturated carbocycles. The zero-order valence-electron chi connectivity index (χ0n) is 11.4. The van der Waals surface area contributed by atoms with E-state index in [4.69, 9.17) is 11.6 Å². The summed E-state index contributed by atoms with van der Waals surface area (Å²) in [6.07, 6.45) is 3.30. The fourth-order valence-corrected chi connectivity index (χ4v) is 3.04. The smallest absolute Gasteiger partial charge is 0.271 e. The lowest BCUT2D eigenvalue weighted by atomic mass is 9.99. The molecule has 1 aliphatic rings. The van der Waals surface area contributed by atoms with E-state index in [-0.39, 0.29) is 11.6 Å². The summed E-state index contributed by atoms with van der Waals surface area (Å²) >= 11 is 6.21. The van der Waals surface area contributed by atoms with Crippen molar-refractivity contribution in [2.45, 2.75) is 31.2 Å². The largest absolute Gasteiger partial charge is 0.332 e. The molecule has 1 fully saturated rings. The highest BCUT2D eigenvalue weighted by Gasteiger charge is 2.35. The fraction of sp³-hybridized carbons (Fsp3) is 0.312. The summed E-state index contributed by atoms with van der Waals surface area (Å²) in [7, 11) is 0. The third-order valence-electron chi connectivity index (χ3n) is 3.92. The fourth-order valence-electron chi connectivity index (χ4n) is 2.77. The number of hydrogen-bond donors (Lipinski definition) is 1. The molecule has 21 heavy (non-hydrogen) atoms. The van der Waals surface area contributed by atoms with E-state index in [9.17, 15) is 10.1 Å². The van der Waals surface area contributed by atoms with Crippen LogP contribution in [0.4, 0.5) is 0 Å². The Morgan fingerprint density at radius 1 is 1.33 bits per heavy atom. The van der Waals surface area contributed by atoms with Crippen LogP contribution in [0.5, 0.6) is 0 Å². The van der Waals surface area contributed by atoms with Crippen LogP contribution < -0.4 is 5.32 Å². The molecule has 4 nitrogen and oxygen atoms in total. The first-order valence-corrected chi connectivity index (χ1v) is 7.30. The standard InChI is InChI=1S/C16H14ClN3O/c17-12-9-14(19-13-6-2-1-5-11(12)13)15(21)20-16(10-18)7-3-4-8-16/h1-2,5-6,9H,3-4,7-8H2,(H,20,21). The maximum absolute atomic E-state index is 12.4. The molecular weight excluding hydrogens is 286 g/mol. The average Bonchev–Trinajstić information content (AvgIpc) is 2.96. The first-order chi connectivity index (χ1) is 10.1. The van der Waals surface area contributed by atoms with Crippen LogP contribution in [0.2, 0.25) is 5.02 Å². The topological polar surface area (TPSA) is 65.8 Å². The van der Waals surface area contributed by atoms with Crippen molar-refractivity contribution in [1.29, 1.82) is 5.26 Å². The zero-order valence-corrected chi connectivity index (χ0v) is 12.2. The second-order valence-corrected chi connectivity index (χ2v) is 5.77. The monoisotopic (exact) mass is 299 g/mol. The number of pyridine rings is 1.